The predicted molar refractivity (Wildman–Crippen MR) is 64.7 cm³/mol. The second-order valence-electron chi connectivity index (χ2n) is 3.38. The van der Waals surface area contributed by atoms with Crippen molar-refractivity contribution in [1.82, 2.24) is 4.90 Å². The molecule has 0 heterocycles. The zero-order valence-corrected chi connectivity index (χ0v) is 10.3. The van der Waals surface area contributed by atoms with Gasteiger partial charge in [0.15, 0.2) is 0 Å². The van der Waals surface area contributed by atoms with Crippen molar-refractivity contribution in [3.63, 3.8) is 0 Å². The minimum atomic E-state index is -0.0580. The number of nitrogens with zero attached hydrogens (tertiary/aromatic N) is 1. The van der Waals surface area contributed by atoms with Crippen LogP contribution in [0.1, 0.15) is 15.9 Å². The molecular weight excluding hydrogens is 254 g/mol. The third kappa shape index (κ3) is 3.10. The zero-order valence-electron chi connectivity index (χ0n) is 8.75. The first-order valence-corrected chi connectivity index (χ1v) is 5.30. The summed E-state index contributed by atoms with van der Waals surface area (Å²) in [5.41, 5.74) is 1.70. The third-order valence-electron chi connectivity index (χ3n) is 1.96. The number of carbonyl (C=O) groups is 1. The standard InChI is InChI=1S/C12H12BrNO/c1-4-5-14(3)12(15)10-6-9(2)7-11(13)8-10/h1,6-8H,5H2,2-3H3. The SMILES string of the molecule is C#CCN(C)C(=O)c1cc(C)cc(Br)c1. The molecule has 0 saturated heterocycles. The van der Waals surface area contributed by atoms with Gasteiger partial charge in [0.05, 0.1) is 6.54 Å². The minimum Gasteiger partial charge on any atom is -0.331 e. The Kier molecular flexibility index (Phi) is 3.93. The van der Waals surface area contributed by atoms with Gasteiger partial charge in [0, 0.05) is 17.1 Å². The van der Waals surface area contributed by atoms with Crippen molar-refractivity contribution in [2.75, 3.05) is 13.6 Å². The number of halogens is 1. The molecule has 0 spiro atoms. The Balaban J connectivity index is 2.97. The van der Waals surface area contributed by atoms with Gasteiger partial charge >= 0.3 is 0 Å². The van der Waals surface area contributed by atoms with E-state index in [1.165, 1.54) is 4.90 Å². The molecule has 0 atom stereocenters. The number of hydrogen-bond donors (Lipinski definition) is 0. The molecule has 78 valence electrons. The van der Waals surface area contributed by atoms with E-state index in [9.17, 15) is 4.79 Å². The lowest BCUT2D eigenvalue weighted by molar-refractivity contribution is 0.0812. The molecule has 1 rings (SSSR count). The molecule has 0 saturated carbocycles. The number of amides is 1. The van der Waals surface area contributed by atoms with Crippen LogP contribution in [0.3, 0.4) is 0 Å². The van der Waals surface area contributed by atoms with Crippen LogP contribution in [0.25, 0.3) is 0 Å². The number of hydrogen-bond acceptors (Lipinski definition) is 1. The van der Waals surface area contributed by atoms with Crippen molar-refractivity contribution in [3.8, 4) is 12.3 Å². The van der Waals surface area contributed by atoms with Crippen LogP contribution in [0.4, 0.5) is 0 Å². The summed E-state index contributed by atoms with van der Waals surface area (Å²) in [6.07, 6.45) is 5.15. The minimum absolute atomic E-state index is 0.0580. The van der Waals surface area contributed by atoms with E-state index < -0.39 is 0 Å². The van der Waals surface area contributed by atoms with Gasteiger partial charge in [0.1, 0.15) is 0 Å². The van der Waals surface area contributed by atoms with E-state index in [0.717, 1.165) is 10.0 Å². The van der Waals surface area contributed by atoms with Crippen LogP contribution in [-0.2, 0) is 0 Å². The number of carbonyl (C=O) groups excluding carboxylic acids is 1. The molecule has 1 amide bonds. The topological polar surface area (TPSA) is 20.3 Å². The molecule has 0 aliphatic heterocycles. The molecule has 2 nitrogen and oxygen atoms in total. The van der Waals surface area contributed by atoms with Crippen molar-refractivity contribution < 1.29 is 4.79 Å². The van der Waals surface area contributed by atoms with Crippen molar-refractivity contribution in [2.24, 2.45) is 0 Å². The van der Waals surface area contributed by atoms with Crippen molar-refractivity contribution in [3.05, 3.63) is 33.8 Å². The first kappa shape index (κ1) is 11.8. The van der Waals surface area contributed by atoms with Gasteiger partial charge in [0.25, 0.3) is 5.91 Å². The fraction of sp³-hybridized carbons (Fsp3) is 0.250. The molecular formula is C12H12BrNO. The molecule has 0 unspecified atom stereocenters. The van der Waals surface area contributed by atoms with Crippen LogP contribution in [0.2, 0.25) is 0 Å². The van der Waals surface area contributed by atoms with E-state index in [2.05, 4.69) is 21.9 Å². The maximum Gasteiger partial charge on any atom is 0.254 e. The molecule has 0 N–H and O–H groups in total. The Morgan fingerprint density at radius 3 is 2.73 bits per heavy atom. The lowest BCUT2D eigenvalue weighted by atomic mass is 10.1. The highest BCUT2D eigenvalue weighted by Crippen LogP contribution is 2.16. The van der Waals surface area contributed by atoms with Gasteiger partial charge in [-0.25, -0.2) is 0 Å². The fourth-order valence-electron chi connectivity index (χ4n) is 1.29. The third-order valence-corrected chi connectivity index (χ3v) is 2.42. The maximum atomic E-state index is 11.8. The highest BCUT2D eigenvalue weighted by molar-refractivity contribution is 9.10. The predicted octanol–water partition coefficient (Wildman–Crippen LogP) is 2.46. The average molecular weight is 266 g/mol. The Morgan fingerprint density at radius 1 is 1.53 bits per heavy atom. The summed E-state index contributed by atoms with van der Waals surface area (Å²) < 4.78 is 0.903. The summed E-state index contributed by atoms with van der Waals surface area (Å²) in [6.45, 7) is 2.27. The first-order valence-electron chi connectivity index (χ1n) is 4.50. The van der Waals surface area contributed by atoms with Gasteiger partial charge in [-0.1, -0.05) is 21.9 Å². The van der Waals surface area contributed by atoms with Crippen molar-refractivity contribution in [2.45, 2.75) is 6.92 Å². The lowest BCUT2D eigenvalue weighted by Crippen LogP contribution is -2.26. The van der Waals surface area contributed by atoms with Gasteiger partial charge in [0.2, 0.25) is 0 Å². The van der Waals surface area contributed by atoms with Gasteiger partial charge in [-0.3, -0.25) is 4.79 Å². The van der Waals surface area contributed by atoms with Crippen molar-refractivity contribution >= 4 is 21.8 Å². The Morgan fingerprint density at radius 2 is 2.20 bits per heavy atom. The molecule has 1 aromatic rings. The van der Waals surface area contributed by atoms with Gasteiger partial charge in [-0.15, -0.1) is 6.42 Å². The molecule has 0 radical (unpaired) electrons. The van der Waals surface area contributed by atoms with Crippen LogP contribution in [0.15, 0.2) is 22.7 Å². The molecule has 1 aromatic carbocycles. The quantitative estimate of drug-likeness (QED) is 0.753. The largest absolute Gasteiger partial charge is 0.331 e. The summed E-state index contributed by atoms with van der Waals surface area (Å²) in [5.74, 6) is 2.38. The van der Waals surface area contributed by atoms with Crippen LogP contribution in [0, 0.1) is 19.3 Å². The molecule has 0 aliphatic rings. The van der Waals surface area contributed by atoms with E-state index >= 15 is 0 Å². The van der Waals surface area contributed by atoms with E-state index in [1.807, 2.05) is 19.1 Å². The average Bonchev–Trinajstić information content (AvgIpc) is 2.15. The fourth-order valence-corrected chi connectivity index (χ4v) is 1.90. The Hall–Kier alpha value is -1.27. The Labute approximate surface area is 98.4 Å². The second-order valence-corrected chi connectivity index (χ2v) is 4.30. The molecule has 0 fully saturated rings. The van der Waals surface area contributed by atoms with E-state index in [0.29, 0.717) is 12.1 Å². The lowest BCUT2D eigenvalue weighted by Gasteiger charge is -2.14. The van der Waals surface area contributed by atoms with Gasteiger partial charge < -0.3 is 4.90 Å². The van der Waals surface area contributed by atoms with Crippen LogP contribution in [0.5, 0.6) is 0 Å². The highest BCUT2D eigenvalue weighted by atomic mass is 79.9. The molecule has 0 bridgehead atoms. The summed E-state index contributed by atoms with van der Waals surface area (Å²) in [6, 6.07) is 5.60. The van der Waals surface area contributed by atoms with Gasteiger partial charge in [-0.2, -0.15) is 0 Å². The van der Waals surface area contributed by atoms with Crippen LogP contribution >= 0.6 is 15.9 Å². The van der Waals surface area contributed by atoms with Crippen LogP contribution < -0.4 is 0 Å². The maximum absolute atomic E-state index is 11.8. The molecule has 3 heteroatoms. The summed E-state index contributed by atoms with van der Waals surface area (Å²) in [7, 11) is 1.69. The normalized spacial score (nSPS) is 9.47. The highest BCUT2D eigenvalue weighted by Gasteiger charge is 2.11. The van der Waals surface area contributed by atoms with Crippen molar-refractivity contribution in [1.29, 1.82) is 0 Å². The van der Waals surface area contributed by atoms with E-state index in [1.54, 1.807) is 13.1 Å². The summed E-state index contributed by atoms with van der Waals surface area (Å²) in [4.78, 5) is 13.4. The van der Waals surface area contributed by atoms with E-state index in [4.69, 9.17) is 6.42 Å². The number of aryl methyl sites for hydroxylation is 1. The number of benzene rings is 1. The summed E-state index contributed by atoms with van der Waals surface area (Å²) >= 11 is 3.36. The molecule has 15 heavy (non-hydrogen) atoms. The van der Waals surface area contributed by atoms with E-state index in [-0.39, 0.29) is 5.91 Å². The van der Waals surface area contributed by atoms with Gasteiger partial charge in [-0.05, 0) is 30.7 Å². The summed E-state index contributed by atoms with van der Waals surface area (Å²) in [5, 5.41) is 0. The number of rotatable bonds is 2. The molecule has 0 aliphatic carbocycles. The zero-order chi connectivity index (χ0) is 11.4. The second kappa shape index (κ2) is 4.99. The smallest absolute Gasteiger partial charge is 0.254 e. The monoisotopic (exact) mass is 265 g/mol. The van der Waals surface area contributed by atoms with Crippen LogP contribution in [-0.4, -0.2) is 24.4 Å². The molecule has 0 aromatic heterocycles. The first-order chi connectivity index (χ1) is 7.04. The number of terminal acetylenes is 1. The Bertz CT molecular complexity index is 400.